The second kappa shape index (κ2) is 8.56. The molecule has 0 radical (unpaired) electrons. The topological polar surface area (TPSA) is 55.4 Å². The summed E-state index contributed by atoms with van der Waals surface area (Å²) in [6, 6.07) is 9.41. The first-order valence-corrected chi connectivity index (χ1v) is 8.59. The number of amides is 1. The van der Waals surface area contributed by atoms with Gasteiger partial charge < -0.3 is 10.1 Å². The highest BCUT2D eigenvalue weighted by atomic mass is 35.5. The van der Waals surface area contributed by atoms with E-state index in [4.69, 9.17) is 39.5 Å². The molecule has 0 unspecified atom stereocenters. The van der Waals surface area contributed by atoms with Gasteiger partial charge in [-0.05, 0) is 49.7 Å². The van der Waals surface area contributed by atoms with E-state index in [1.54, 1.807) is 37.3 Å². The number of ketones is 1. The molecule has 1 amide bonds. The average Bonchev–Trinajstić information content (AvgIpc) is 2.53. The summed E-state index contributed by atoms with van der Waals surface area (Å²) in [7, 11) is 0. The molecular formula is C18H16Cl3NO3. The summed E-state index contributed by atoms with van der Waals surface area (Å²) >= 11 is 17.9. The second-order valence-electron chi connectivity index (χ2n) is 5.44. The van der Waals surface area contributed by atoms with E-state index >= 15 is 0 Å². The van der Waals surface area contributed by atoms with Crippen molar-refractivity contribution >= 4 is 46.5 Å². The molecule has 2 aromatic rings. The zero-order valence-corrected chi connectivity index (χ0v) is 15.9. The van der Waals surface area contributed by atoms with Crippen LogP contribution in [0.15, 0.2) is 36.4 Å². The lowest BCUT2D eigenvalue weighted by Gasteiger charge is -2.16. The minimum absolute atomic E-state index is 0.195. The number of carbonyl (C=O) groups is 2. The van der Waals surface area contributed by atoms with Crippen molar-refractivity contribution in [3.05, 3.63) is 62.6 Å². The molecule has 1 atom stereocenters. The standard InChI is InChI=1S/C18H16Cl3NO3/c1-10(14-5-3-13(20)8-16(14)21)22-18(24)9-25-17-6-4-12(19)7-15(17)11(2)23/h3-8,10H,9H2,1-2H3,(H,22,24)/t10-/m0/s1. The molecule has 7 heteroatoms. The lowest BCUT2D eigenvalue weighted by atomic mass is 10.1. The molecule has 0 aliphatic heterocycles. The number of halogens is 3. The van der Waals surface area contributed by atoms with Crippen molar-refractivity contribution in [2.75, 3.05) is 6.61 Å². The third-order valence-electron chi connectivity index (χ3n) is 3.49. The predicted molar refractivity (Wildman–Crippen MR) is 100.0 cm³/mol. The number of ether oxygens (including phenoxy) is 1. The molecule has 25 heavy (non-hydrogen) atoms. The summed E-state index contributed by atoms with van der Waals surface area (Å²) in [5.74, 6) is -0.230. The fourth-order valence-electron chi connectivity index (χ4n) is 2.26. The first-order chi connectivity index (χ1) is 11.8. The van der Waals surface area contributed by atoms with Crippen LogP contribution in [0.2, 0.25) is 15.1 Å². The average molecular weight is 401 g/mol. The van der Waals surface area contributed by atoms with Gasteiger partial charge in [0.25, 0.3) is 5.91 Å². The Labute approximate surface area is 161 Å². The maximum absolute atomic E-state index is 12.1. The van der Waals surface area contributed by atoms with Gasteiger partial charge in [0.05, 0.1) is 11.6 Å². The van der Waals surface area contributed by atoms with Gasteiger partial charge in [-0.25, -0.2) is 0 Å². The molecule has 1 N–H and O–H groups in total. The van der Waals surface area contributed by atoms with E-state index in [9.17, 15) is 9.59 Å². The fraction of sp³-hybridized carbons (Fsp3) is 0.222. The minimum atomic E-state index is -0.344. The molecular weight excluding hydrogens is 385 g/mol. The number of nitrogens with one attached hydrogen (secondary N) is 1. The summed E-state index contributed by atoms with van der Waals surface area (Å²) in [6.07, 6.45) is 0. The van der Waals surface area contributed by atoms with Crippen LogP contribution in [0.3, 0.4) is 0 Å². The van der Waals surface area contributed by atoms with E-state index in [1.165, 1.54) is 13.0 Å². The van der Waals surface area contributed by atoms with Gasteiger partial charge >= 0.3 is 0 Å². The van der Waals surface area contributed by atoms with Crippen LogP contribution in [0.1, 0.15) is 35.8 Å². The number of hydrogen-bond acceptors (Lipinski definition) is 3. The highest BCUT2D eigenvalue weighted by Gasteiger charge is 2.15. The van der Waals surface area contributed by atoms with Crippen molar-refractivity contribution in [1.29, 1.82) is 0 Å². The molecule has 0 saturated heterocycles. The van der Waals surface area contributed by atoms with Crippen LogP contribution >= 0.6 is 34.8 Å². The van der Waals surface area contributed by atoms with Gasteiger partial charge in [-0.3, -0.25) is 9.59 Å². The van der Waals surface area contributed by atoms with Gasteiger partial charge in [0.15, 0.2) is 12.4 Å². The van der Waals surface area contributed by atoms with Gasteiger partial charge in [0.2, 0.25) is 0 Å². The van der Waals surface area contributed by atoms with Crippen molar-refractivity contribution in [3.8, 4) is 5.75 Å². The van der Waals surface area contributed by atoms with E-state index in [0.717, 1.165) is 5.56 Å². The van der Waals surface area contributed by atoms with Crippen molar-refractivity contribution < 1.29 is 14.3 Å². The molecule has 0 bridgehead atoms. The van der Waals surface area contributed by atoms with E-state index in [1.807, 2.05) is 0 Å². The Morgan fingerprint density at radius 3 is 2.36 bits per heavy atom. The maximum atomic E-state index is 12.1. The quantitative estimate of drug-likeness (QED) is 0.686. The van der Waals surface area contributed by atoms with Gasteiger partial charge in [0, 0.05) is 15.1 Å². The third kappa shape index (κ3) is 5.36. The van der Waals surface area contributed by atoms with Crippen LogP contribution in [0.25, 0.3) is 0 Å². The fourth-order valence-corrected chi connectivity index (χ4v) is 3.00. The number of hydrogen-bond donors (Lipinski definition) is 1. The monoisotopic (exact) mass is 399 g/mol. The largest absolute Gasteiger partial charge is 0.483 e. The molecule has 0 aliphatic rings. The van der Waals surface area contributed by atoms with E-state index in [-0.39, 0.29) is 24.3 Å². The summed E-state index contributed by atoms with van der Waals surface area (Å²) in [6.45, 7) is 2.97. The summed E-state index contributed by atoms with van der Waals surface area (Å²) < 4.78 is 5.46. The zero-order valence-electron chi connectivity index (χ0n) is 13.6. The van der Waals surface area contributed by atoms with Crippen LogP contribution in [-0.4, -0.2) is 18.3 Å². The summed E-state index contributed by atoms with van der Waals surface area (Å²) in [4.78, 5) is 23.7. The maximum Gasteiger partial charge on any atom is 0.258 e. The van der Waals surface area contributed by atoms with Gasteiger partial charge in [-0.1, -0.05) is 40.9 Å². The van der Waals surface area contributed by atoms with Crippen molar-refractivity contribution in [2.24, 2.45) is 0 Å². The SMILES string of the molecule is CC(=O)c1cc(Cl)ccc1OCC(=O)N[C@@H](C)c1ccc(Cl)cc1Cl. The Bertz CT molecular complexity index is 808. The van der Waals surface area contributed by atoms with Gasteiger partial charge in [-0.2, -0.15) is 0 Å². The molecule has 0 fully saturated rings. The molecule has 0 heterocycles. The van der Waals surface area contributed by atoms with E-state index in [2.05, 4.69) is 5.32 Å². The Morgan fingerprint density at radius 2 is 1.72 bits per heavy atom. The first kappa shape index (κ1) is 19.6. The lowest BCUT2D eigenvalue weighted by Crippen LogP contribution is -2.31. The molecule has 0 aliphatic carbocycles. The number of Topliss-reactive ketones (excluding diaryl/α,β-unsaturated/α-hetero) is 1. The highest BCUT2D eigenvalue weighted by Crippen LogP contribution is 2.26. The minimum Gasteiger partial charge on any atom is -0.483 e. The van der Waals surface area contributed by atoms with Crippen molar-refractivity contribution in [3.63, 3.8) is 0 Å². The van der Waals surface area contributed by atoms with Crippen LogP contribution in [-0.2, 0) is 4.79 Å². The van der Waals surface area contributed by atoms with Gasteiger partial charge in [0.1, 0.15) is 5.75 Å². The van der Waals surface area contributed by atoms with Crippen LogP contribution < -0.4 is 10.1 Å². The zero-order chi connectivity index (χ0) is 18.6. The molecule has 2 rings (SSSR count). The number of rotatable bonds is 6. The molecule has 0 saturated carbocycles. The Kier molecular flexibility index (Phi) is 6.71. The Hall–Kier alpha value is -1.75. The molecule has 0 aromatic heterocycles. The predicted octanol–water partition coefficient (Wildman–Crippen LogP) is 5.11. The van der Waals surface area contributed by atoms with E-state index < -0.39 is 0 Å². The molecule has 4 nitrogen and oxygen atoms in total. The van der Waals surface area contributed by atoms with Crippen LogP contribution in [0, 0.1) is 0 Å². The Morgan fingerprint density at radius 1 is 1.08 bits per heavy atom. The molecule has 132 valence electrons. The molecule has 2 aromatic carbocycles. The lowest BCUT2D eigenvalue weighted by molar-refractivity contribution is -0.123. The summed E-state index contributed by atoms with van der Waals surface area (Å²) in [5.41, 5.74) is 1.07. The van der Waals surface area contributed by atoms with Crippen LogP contribution in [0.5, 0.6) is 5.75 Å². The number of benzene rings is 2. The van der Waals surface area contributed by atoms with Crippen molar-refractivity contribution in [2.45, 2.75) is 19.9 Å². The number of carbonyl (C=O) groups excluding carboxylic acids is 2. The van der Waals surface area contributed by atoms with Gasteiger partial charge in [-0.15, -0.1) is 0 Å². The molecule has 0 spiro atoms. The Balaban J connectivity index is 2.00. The summed E-state index contributed by atoms with van der Waals surface area (Å²) in [5, 5.41) is 4.20. The van der Waals surface area contributed by atoms with Crippen molar-refractivity contribution in [1.82, 2.24) is 5.32 Å². The van der Waals surface area contributed by atoms with E-state index in [0.29, 0.717) is 26.4 Å². The highest BCUT2D eigenvalue weighted by molar-refractivity contribution is 6.35. The third-order valence-corrected chi connectivity index (χ3v) is 4.28. The smallest absolute Gasteiger partial charge is 0.258 e. The van der Waals surface area contributed by atoms with Crippen LogP contribution in [0.4, 0.5) is 0 Å². The first-order valence-electron chi connectivity index (χ1n) is 7.45. The normalized spacial score (nSPS) is 11.7. The second-order valence-corrected chi connectivity index (χ2v) is 6.72.